The molecule has 3 nitrogen and oxygen atoms in total. The van der Waals surface area contributed by atoms with Crippen molar-refractivity contribution in [3.05, 3.63) is 46.2 Å². The van der Waals surface area contributed by atoms with Crippen molar-refractivity contribution < 1.29 is 0 Å². The Morgan fingerprint density at radius 3 is 2.70 bits per heavy atom. The zero-order chi connectivity index (χ0) is 14.7. The van der Waals surface area contributed by atoms with Crippen LogP contribution in [0.1, 0.15) is 37.6 Å². The Hall–Kier alpha value is -1.32. The van der Waals surface area contributed by atoms with E-state index in [4.69, 9.17) is 11.6 Å². The lowest BCUT2D eigenvalue weighted by molar-refractivity contribution is 0.586. The van der Waals surface area contributed by atoms with Crippen LogP contribution in [-0.4, -0.2) is 15.8 Å². The van der Waals surface area contributed by atoms with Crippen molar-refractivity contribution in [3.8, 4) is 5.69 Å². The predicted octanol–water partition coefficient (Wildman–Crippen LogP) is 3.89. The molecule has 0 aliphatic rings. The maximum Gasteiger partial charge on any atom is 0.0663 e. The first-order chi connectivity index (χ1) is 9.52. The molecule has 1 aromatic heterocycles. The van der Waals surface area contributed by atoms with Crippen LogP contribution >= 0.6 is 11.6 Å². The van der Waals surface area contributed by atoms with Gasteiger partial charge < -0.3 is 5.32 Å². The van der Waals surface area contributed by atoms with E-state index < -0.39 is 0 Å². The number of nitrogens with one attached hydrogen (secondary N) is 1. The van der Waals surface area contributed by atoms with E-state index in [1.54, 1.807) is 0 Å². The zero-order valence-electron chi connectivity index (χ0n) is 12.6. The minimum atomic E-state index is 0.469. The van der Waals surface area contributed by atoms with Gasteiger partial charge >= 0.3 is 0 Å². The Morgan fingerprint density at radius 2 is 2.10 bits per heavy atom. The topological polar surface area (TPSA) is 29.9 Å². The maximum absolute atomic E-state index is 6.22. The number of nitrogens with zero attached hydrogens (tertiary/aromatic N) is 2. The molecule has 1 N–H and O–H groups in total. The number of halogens is 1. The second-order valence-electron chi connectivity index (χ2n) is 5.35. The summed E-state index contributed by atoms with van der Waals surface area (Å²) in [7, 11) is 0. The van der Waals surface area contributed by atoms with Gasteiger partial charge in [0.05, 0.1) is 11.9 Å². The van der Waals surface area contributed by atoms with Crippen LogP contribution in [0.25, 0.3) is 5.69 Å². The summed E-state index contributed by atoms with van der Waals surface area (Å²) in [4.78, 5) is 0. The lowest BCUT2D eigenvalue weighted by Crippen LogP contribution is -2.22. The predicted molar refractivity (Wildman–Crippen MR) is 84.7 cm³/mol. The number of benzene rings is 1. The monoisotopic (exact) mass is 291 g/mol. The summed E-state index contributed by atoms with van der Waals surface area (Å²) in [6.45, 7) is 9.31. The van der Waals surface area contributed by atoms with Gasteiger partial charge in [-0.15, -0.1) is 0 Å². The molecule has 20 heavy (non-hydrogen) atoms. The highest BCUT2D eigenvalue weighted by atomic mass is 35.5. The van der Waals surface area contributed by atoms with Gasteiger partial charge in [-0.25, -0.2) is 4.68 Å². The number of aryl methyl sites for hydroxylation is 1. The summed E-state index contributed by atoms with van der Waals surface area (Å²) in [6.07, 6.45) is 2.89. The average Bonchev–Trinajstić information content (AvgIpc) is 2.82. The minimum Gasteiger partial charge on any atom is -0.310 e. The van der Waals surface area contributed by atoms with E-state index in [0.717, 1.165) is 29.2 Å². The summed E-state index contributed by atoms with van der Waals surface area (Å²) in [6, 6.07) is 6.54. The highest BCUT2D eigenvalue weighted by molar-refractivity contribution is 6.31. The van der Waals surface area contributed by atoms with Gasteiger partial charge in [0.15, 0.2) is 0 Å². The maximum atomic E-state index is 6.22. The fourth-order valence-electron chi connectivity index (χ4n) is 2.18. The molecule has 0 amide bonds. The molecule has 0 radical (unpaired) electrons. The van der Waals surface area contributed by atoms with Crippen LogP contribution in [0.15, 0.2) is 24.4 Å². The second kappa shape index (κ2) is 6.42. The normalized spacial score (nSPS) is 11.3. The van der Waals surface area contributed by atoms with Gasteiger partial charge in [0.2, 0.25) is 0 Å². The first kappa shape index (κ1) is 15.1. The third-order valence-corrected chi connectivity index (χ3v) is 3.80. The lowest BCUT2D eigenvalue weighted by Gasteiger charge is -2.11. The van der Waals surface area contributed by atoms with Crippen molar-refractivity contribution in [3.63, 3.8) is 0 Å². The second-order valence-corrected chi connectivity index (χ2v) is 5.76. The summed E-state index contributed by atoms with van der Waals surface area (Å²) in [5.41, 5.74) is 4.59. The summed E-state index contributed by atoms with van der Waals surface area (Å²) >= 11 is 6.22. The fraction of sp³-hybridized carbons (Fsp3) is 0.438. The molecule has 0 aliphatic heterocycles. The van der Waals surface area contributed by atoms with Gasteiger partial charge in [0.25, 0.3) is 0 Å². The summed E-state index contributed by atoms with van der Waals surface area (Å²) in [5.74, 6) is 0. The van der Waals surface area contributed by atoms with Crippen molar-refractivity contribution in [2.45, 2.75) is 46.7 Å². The standard InChI is InChI=1S/C16H22ClN3/c1-5-16-13(9-18-11(2)3)10-19-20(16)14-7-6-12(4)15(17)8-14/h6-8,10-11,18H,5,9H2,1-4H3. The Balaban J connectivity index is 2.34. The molecule has 2 aromatic rings. The van der Waals surface area contributed by atoms with E-state index in [1.165, 1.54) is 11.3 Å². The highest BCUT2D eigenvalue weighted by Gasteiger charge is 2.11. The number of hydrogen-bond acceptors (Lipinski definition) is 2. The van der Waals surface area contributed by atoms with Crippen LogP contribution in [0.2, 0.25) is 5.02 Å². The molecule has 1 aromatic carbocycles. The van der Waals surface area contributed by atoms with E-state index in [-0.39, 0.29) is 0 Å². The third kappa shape index (κ3) is 3.22. The van der Waals surface area contributed by atoms with E-state index in [1.807, 2.05) is 29.9 Å². The number of rotatable bonds is 5. The Bertz CT molecular complexity index is 587. The van der Waals surface area contributed by atoms with E-state index >= 15 is 0 Å². The largest absolute Gasteiger partial charge is 0.310 e. The van der Waals surface area contributed by atoms with Gasteiger partial charge in [-0.05, 0) is 31.0 Å². The molecular formula is C16H22ClN3. The molecule has 0 unspecified atom stereocenters. The molecule has 0 bridgehead atoms. The molecule has 4 heteroatoms. The van der Waals surface area contributed by atoms with Gasteiger partial charge in [0, 0.05) is 28.9 Å². The van der Waals surface area contributed by atoms with Crippen molar-refractivity contribution >= 4 is 11.6 Å². The van der Waals surface area contributed by atoms with E-state index in [0.29, 0.717) is 6.04 Å². The van der Waals surface area contributed by atoms with Crippen LogP contribution in [0.3, 0.4) is 0 Å². The quantitative estimate of drug-likeness (QED) is 0.905. The summed E-state index contributed by atoms with van der Waals surface area (Å²) in [5, 5.41) is 8.75. The molecule has 0 saturated carbocycles. The van der Waals surface area contributed by atoms with Crippen LogP contribution in [-0.2, 0) is 13.0 Å². The average molecular weight is 292 g/mol. The molecule has 0 saturated heterocycles. The van der Waals surface area contributed by atoms with Crippen molar-refractivity contribution in [2.75, 3.05) is 0 Å². The molecule has 0 atom stereocenters. The third-order valence-electron chi connectivity index (χ3n) is 3.39. The zero-order valence-corrected chi connectivity index (χ0v) is 13.3. The fourth-order valence-corrected chi connectivity index (χ4v) is 2.36. The van der Waals surface area contributed by atoms with E-state index in [2.05, 4.69) is 37.3 Å². The van der Waals surface area contributed by atoms with Gasteiger partial charge in [0.1, 0.15) is 0 Å². The molecule has 0 fully saturated rings. The minimum absolute atomic E-state index is 0.469. The van der Waals surface area contributed by atoms with Crippen molar-refractivity contribution in [2.24, 2.45) is 0 Å². The van der Waals surface area contributed by atoms with Crippen molar-refractivity contribution in [1.82, 2.24) is 15.1 Å². The highest BCUT2D eigenvalue weighted by Crippen LogP contribution is 2.22. The molecule has 0 aliphatic carbocycles. The summed E-state index contributed by atoms with van der Waals surface area (Å²) < 4.78 is 1.99. The SMILES string of the molecule is CCc1c(CNC(C)C)cnn1-c1ccc(C)c(Cl)c1. The Kier molecular flexibility index (Phi) is 4.84. The molecular weight excluding hydrogens is 270 g/mol. The van der Waals surface area contributed by atoms with Gasteiger partial charge in [-0.2, -0.15) is 5.10 Å². The smallest absolute Gasteiger partial charge is 0.0663 e. The van der Waals surface area contributed by atoms with Crippen molar-refractivity contribution in [1.29, 1.82) is 0 Å². The van der Waals surface area contributed by atoms with Gasteiger partial charge in [-0.3, -0.25) is 0 Å². The number of hydrogen-bond donors (Lipinski definition) is 1. The lowest BCUT2D eigenvalue weighted by atomic mass is 10.1. The Morgan fingerprint density at radius 1 is 1.35 bits per heavy atom. The molecule has 1 heterocycles. The first-order valence-corrected chi connectivity index (χ1v) is 7.46. The van der Waals surface area contributed by atoms with E-state index in [9.17, 15) is 0 Å². The van der Waals surface area contributed by atoms with Crippen LogP contribution < -0.4 is 5.32 Å². The number of aromatic nitrogens is 2. The van der Waals surface area contributed by atoms with Crippen LogP contribution in [0.4, 0.5) is 0 Å². The molecule has 2 rings (SSSR count). The van der Waals surface area contributed by atoms with Gasteiger partial charge in [-0.1, -0.05) is 38.4 Å². The van der Waals surface area contributed by atoms with Crippen LogP contribution in [0.5, 0.6) is 0 Å². The molecule has 0 spiro atoms. The first-order valence-electron chi connectivity index (χ1n) is 7.08. The van der Waals surface area contributed by atoms with Crippen LogP contribution in [0, 0.1) is 6.92 Å². The molecule has 108 valence electrons. The Labute approximate surface area is 126 Å².